The number of carbonyl (C=O) groups is 2. The lowest BCUT2D eigenvalue weighted by molar-refractivity contribution is -0.146. The summed E-state index contributed by atoms with van der Waals surface area (Å²) in [5.74, 6) is -1.35. The van der Waals surface area contributed by atoms with Gasteiger partial charge in [0.05, 0.1) is 22.1 Å². The van der Waals surface area contributed by atoms with Crippen molar-refractivity contribution in [3.63, 3.8) is 0 Å². The number of hydrogen-bond donors (Lipinski definition) is 2. The summed E-state index contributed by atoms with van der Waals surface area (Å²) in [4.78, 5) is 27.0. The van der Waals surface area contributed by atoms with Crippen LogP contribution in [0.15, 0.2) is 16.8 Å². The largest absolute Gasteiger partial charge is 0.481 e. The van der Waals surface area contributed by atoms with Crippen LogP contribution in [0.5, 0.6) is 0 Å². The highest BCUT2D eigenvalue weighted by molar-refractivity contribution is 5.97. The molecule has 7 heteroatoms. The molecule has 0 aromatic carbocycles. The van der Waals surface area contributed by atoms with Crippen molar-refractivity contribution in [1.29, 1.82) is 0 Å². The fraction of sp³-hybridized carbons (Fsp3) is 0.385. The van der Waals surface area contributed by atoms with E-state index in [0.29, 0.717) is 22.4 Å². The Hall–Kier alpha value is -2.44. The van der Waals surface area contributed by atoms with Crippen LogP contribution >= 0.6 is 0 Å². The van der Waals surface area contributed by atoms with Gasteiger partial charge in [0.2, 0.25) is 0 Å². The Morgan fingerprint density at radius 3 is 2.80 bits per heavy atom. The van der Waals surface area contributed by atoms with Gasteiger partial charge in [0.1, 0.15) is 0 Å². The normalized spacial score (nSPS) is 11.6. The van der Waals surface area contributed by atoms with Gasteiger partial charge in [-0.1, -0.05) is 5.16 Å². The summed E-state index contributed by atoms with van der Waals surface area (Å²) in [6, 6.07) is 1.62. The maximum atomic E-state index is 12.0. The molecule has 7 nitrogen and oxygen atoms in total. The van der Waals surface area contributed by atoms with E-state index in [-0.39, 0.29) is 12.5 Å². The van der Waals surface area contributed by atoms with Crippen LogP contribution < -0.4 is 5.32 Å². The predicted molar refractivity (Wildman–Crippen MR) is 70.3 cm³/mol. The minimum absolute atomic E-state index is 0.0296. The summed E-state index contributed by atoms with van der Waals surface area (Å²) in [6.45, 7) is 4.87. The molecule has 2 aromatic rings. The first kappa shape index (κ1) is 14.0. The number of carboxylic acid groups (broad SMARTS) is 1. The molecule has 0 aliphatic heterocycles. The average molecular weight is 277 g/mol. The van der Waals surface area contributed by atoms with E-state index in [0.717, 1.165) is 0 Å². The van der Waals surface area contributed by atoms with Crippen molar-refractivity contribution in [2.75, 3.05) is 6.54 Å². The van der Waals surface area contributed by atoms with Crippen LogP contribution in [0.3, 0.4) is 0 Å². The van der Waals surface area contributed by atoms with Crippen LogP contribution in [0.2, 0.25) is 0 Å². The van der Waals surface area contributed by atoms with E-state index in [1.165, 1.54) is 6.20 Å². The summed E-state index contributed by atoms with van der Waals surface area (Å²) in [7, 11) is 0. The van der Waals surface area contributed by atoms with E-state index >= 15 is 0 Å². The number of aromatic nitrogens is 2. The second-order valence-electron chi connectivity index (χ2n) is 5.22. The number of rotatable bonds is 4. The van der Waals surface area contributed by atoms with Gasteiger partial charge in [-0.3, -0.25) is 9.59 Å². The number of pyridine rings is 1. The maximum Gasteiger partial charge on any atom is 0.310 e. The van der Waals surface area contributed by atoms with E-state index in [1.807, 2.05) is 0 Å². The summed E-state index contributed by atoms with van der Waals surface area (Å²) in [6.07, 6.45) is 1.37. The number of aryl methyl sites for hydroxylation is 1. The van der Waals surface area contributed by atoms with E-state index in [4.69, 9.17) is 9.63 Å². The third-order valence-corrected chi connectivity index (χ3v) is 3.04. The topological polar surface area (TPSA) is 105 Å². The Morgan fingerprint density at radius 1 is 1.45 bits per heavy atom. The number of fused-ring (bicyclic) bond motifs is 1. The van der Waals surface area contributed by atoms with Crippen LogP contribution in [-0.2, 0) is 4.79 Å². The first-order valence-electron chi connectivity index (χ1n) is 6.05. The minimum atomic E-state index is -1.03. The lowest BCUT2D eigenvalue weighted by atomic mass is 9.94. The molecule has 2 rings (SSSR count). The zero-order valence-corrected chi connectivity index (χ0v) is 11.4. The van der Waals surface area contributed by atoms with Gasteiger partial charge < -0.3 is 14.9 Å². The van der Waals surface area contributed by atoms with Crippen LogP contribution in [0.4, 0.5) is 0 Å². The summed E-state index contributed by atoms with van der Waals surface area (Å²) in [5.41, 5.74) is 0.322. The van der Waals surface area contributed by atoms with Crippen molar-refractivity contribution in [1.82, 2.24) is 15.5 Å². The second-order valence-corrected chi connectivity index (χ2v) is 5.22. The van der Waals surface area contributed by atoms with Gasteiger partial charge in [-0.2, -0.15) is 0 Å². The molecule has 0 unspecified atom stereocenters. The lowest BCUT2D eigenvalue weighted by Gasteiger charge is -2.19. The molecule has 0 atom stereocenters. The van der Waals surface area contributed by atoms with E-state index in [9.17, 15) is 9.59 Å². The molecule has 2 N–H and O–H groups in total. The zero-order valence-electron chi connectivity index (χ0n) is 11.4. The Balaban J connectivity index is 2.15. The predicted octanol–water partition coefficient (Wildman–Crippen LogP) is 1.37. The van der Waals surface area contributed by atoms with Crippen molar-refractivity contribution < 1.29 is 19.2 Å². The average Bonchev–Trinajstić information content (AvgIpc) is 2.77. The van der Waals surface area contributed by atoms with E-state index < -0.39 is 11.4 Å². The first-order valence-corrected chi connectivity index (χ1v) is 6.05. The minimum Gasteiger partial charge on any atom is -0.481 e. The molecule has 1 amide bonds. The standard InChI is InChI=1S/C13H15N3O4/c1-7-9-4-8(5-14-11(9)20-16-7)10(17)15-6-13(2,3)12(18)19/h4-5H,6H2,1-3H3,(H,15,17)(H,18,19). The molecule has 2 aromatic heterocycles. The highest BCUT2D eigenvalue weighted by atomic mass is 16.5. The summed E-state index contributed by atoms with van der Waals surface area (Å²) >= 11 is 0. The van der Waals surface area contributed by atoms with Gasteiger partial charge in [-0.25, -0.2) is 4.98 Å². The Labute approximate surface area is 115 Å². The number of nitrogens with zero attached hydrogens (tertiary/aromatic N) is 2. The van der Waals surface area contributed by atoms with Gasteiger partial charge in [-0.15, -0.1) is 0 Å². The lowest BCUT2D eigenvalue weighted by Crippen LogP contribution is -2.38. The van der Waals surface area contributed by atoms with Crippen molar-refractivity contribution in [3.8, 4) is 0 Å². The number of aliphatic carboxylic acids is 1. The molecule has 20 heavy (non-hydrogen) atoms. The van der Waals surface area contributed by atoms with Gasteiger partial charge in [0, 0.05) is 12.7 Å². The summed E-state index contributed by atoms with van der Waals surface area (Å²) in [5, 5.41) is 16.0. The van der Waals surface area contributed by atoms with Crippen LogP contribution in [0.1, 0.15) is 29.9 Å². The number of hydrogen-bond acceptors (Lipinski definition) is 5. The molecule has 2 heterocycles. The molecule has 106 valence electrons. The summed E-state index contributed by atoms with van der Waals surface area (Å²) < 4.78 is 4.96. The fourth-order valence-electron chi connectivity index (χ4n) is 1.55. The van der Waals surface area contributed by atoms with Gasteiger partial charge in [-0.05, 0) is 26.8 Å². The van der Waals surface area contributed by atoms with Crippen LogP contribution in [-0.4, -0.2) is 33.7 Å². The SMILES string of the molecule is Cc1noc2ncc(C(=O)NCC(C)(C)C(=O)O)cc12. The third kappa shape index (κ3) is 2.61. The second kappa shape index (κ2) is 4.92. The van der Waals surface area contributed by atoms with E-state index in [1.54, 1.807) is 26.8 Å². The molecule has 0 radical (unpaired) electrons. The van der Waals surface area contributed by atoms with Crippen LogP contribution in [0, 0.1) is 12.3 Å². The van der Waals surface area contributed by atoms with Crippen LogP contribution in [0.25, 0.3) is 11.1 Å². The Bertz CT molecular complexity index is 675. The third-order valence-electron chi connectivity index (χ3n) is 3.04. The number of carboxylic acids is 1. The first-order chi connectivity index (χ1) is 9.31. The van der Waals surface area contributed by atoms with Gasteiger partial charge in [0.25, 0.3) is 11.6 Å². The zero-order chi connectivity index (χ0) is 14.9. The molecule has 0 saturated carbocycles. The van der Waals surface area contributed by atoms with Gasteiger partial charge in [0.15, 0.2) is 0 Å². The van der Waals surface area contributed by atoms with Gasteiger partial charge >= 0.3 is 5.97 Å². The number of amides is 1. The number of nitrogens with one attached hydrogen (secondary N) is 1. The highest BCUT2D eigenvalue weighted by Gasteiger charge is 2.27. The van der Waals surface area contributed by atoms with Crippen molar-refractivity contribution in [3.05, 3.63) is 23.5 Å². The number of carbonyl (C=O) groups excluding carboxylic acids is 1. The quantitative estimate of drug-likeness (QED) is 0.874. The molecular weight excluding hydrogens is 262 g/mol. The monoisotopic (exact) mass is 277 g/mol. The van der Waals surface area contributed by atoms with Crippen molar-refractivity contribution in [2.45, 2.75) is 20.8 Å². The highest BCUT2D eigenvalue weighted by Crippen LogP contribution is 2.17. The van der Waals surface area contributed by atoms with E-state index in [2.05, 4.69) is 15.5 Å². The molecule has 0 saturated heterocycles. The molecule has 0 bridgehead atoms. The molecule has 0 aliphatic carbocycles. The maximum absolute atomic E-state index is 12.0. The Morgan fingerprint density at radius 2 is 2.15 bits per heavy atom. The molecule has 0 spiro atoms. The smallest absolute Gasteiger partial charge is 0.310 e. The van der Waals surface area contributed by atoms with Crippen molar-refractivity contribution >= 4 is 23.0 Å². The fourth-order valence-corrected chi connectivity index (χ4v) is 1.55. The Kier molecular flexibility index (Phi) is 3.44. The van der Waals surface area contributed by atoms with Crippen molar-refractivity contribution in [2.24, 2.45) is 5.41 Å². The molecular formula is C13H15N3O4. The molecule has 0 fully saturated rings. The molecule has 0 aliphatic rings.